The van der Waals surface area contributed by atoms with E-state index in [1.807, 2.05) is 13.8 Å². The van der Waals surface area contributed by atoms with Gasteiger partial charge in [-0.25, -0.2) is 4.39 Å². The van der Waals surface area contributed by atoms with E-state index in [1.165, 1.54) is 0 Å². The molecule has 1 aliphatic carbocycles. The maximum atomic E-state index is 13.0. The van der Waals surface area contributed by atoms with E-state index in [4.69, 9.17) is 5.11 Å². The van der Waals surface area contributed by atoms with Gasteiger partial charge in [0, 0.05) is 6.61 Å². The summed E-state index contributed by atoms with van der Waals surface area (Å²) in [6, 6.07) is 0. The predicted octanol–water partition coefficient (Wildman–Crippen LogP) is 1.61. The van der Waals surface area contributed by atoms with Gasteiger partial charge in [0.15, 0.2) is 0 Å². The van der Waals surface area contributed by atoms with Gasteiger partial charge in [-0.05, 0) is 24.2 Å². The Kier molecular flexibility index (Phi) is 2.29. The summed E-state index contributed by atoms with van der Waals surface area (Å²) in [6.07, 6.45) is 0.149. The first-order valence-corrected chi connectivity index (χ1v) is 3.91. The van der Waals surface area contributed by atoms with Crippen LogP contribution in [0, 0.1) is 17.8 Å². The van der Waals surface area contributed by atoms with Crippen LogP contribution in [0.5, 0.6) is 0 Å². The highest BCUT2D eigenvalue weighted by atomic mass is 19.1. The van der Waals surface area contributed by atoms with Crippen LogP contribution in [0.25, 0.3) is 0 Å². The van der Waals surface area contributed by atoms with Crippen molar-refractivity contribution in [3.05, 3.63) is 0 Å². The Labute approximate surface area is 61.2 Å². The van der Waals surface area contributed by atoms with E-state index in [0.717, 1.165) is 6.42 Å². The van der Waals surface area contributed by atoms with Crippen LogP contribution in [0.1, 0.15) is 20.3 Å². The molecule has 1 saturated carbocycles. The quantitative estimate of drug-likeness (QED) is 0.596. The van der Waals surface area contributed by atoms with E-state index < -0.39 is 6.17 Å². The van der Waals surface area contributed by atoms with Crippen molar-refractivity contribution in [1.82, 2.24) is 0 Å². The molecular weight excluding hydrogens is 131 g/mol. The average molecular weight is 146 g/mol. The highest BCUT2D eigenvalue weighted by Gasteiger charge is 2.37. The summed E-state index contributed by atoms with van der Waals surface area (Å²) in [6.45, 7) is 3.94. The van der Waals surface area contributed by atoms with E-state index >= 15 is 0 Å². The van der Waals surface area contributed by atoms with Gasteiger partial charge < -0.3 is 5.11 Å². The van der Waals surface area contributed by atoms with Crippen molar-refractivity contribution in [3.8, 4) is 0 Å². The van der Waals surface area contributed by atoms with Crippen molar-refractivity contribution in [2.45, 2.75) is 26.4 Å². The van der Waals surface area contributed by atoms with Crippen molar-refractivity contribution in [1.29, 1.82) is 0 Å². The van der Waals surface area contributed by atoms with E-state index in [1.54, 1.807) is 0 Å². The lowest BCUT2D eigenvalue weighted by Crippen LogP contribution is -2.16. The highest BCUT2D eigenvalue weighted by Crippen LogP contribution is 2.37. The number of hydrogen-bond donors (Lipinski definition) is 1. The van der Waals surface area contributed by atoms with Crippen molar-refractivity contribution in [2.75, 3.05) is 6.61 Å². The molecule has 2 heteroatoms. The minimum absolute atomic E-state index is 0.0556. The summed E-state index contributed by atoms with van der Waals surface area (Å²) in [5, 5.41) is 8.81. The third-order valence-electron chi connectivity index (χ3n) is 2.70. The number of alkyl halides is 1. The Morgan fingerprint density at radius 1 is 1.50 bits per heavy atom. The number of rotatable bonds is 1. The molecule has 1 nitrogen and oxygen atoms in total. The van der Waals surface area contributed by atoms with Gasteiger partial charge in [0.2, 0.25) is 0 Å². The lowest BCUT2D eigenvalue weighted by atomic mass is 9.99. The van der Waals surface area contributed by atoms with Gasteiger partial charge in [-0.15, -0.1) is 0 Å². The molecule has 1 rings (SSSR count). The van der Waals surface area contributed by atoms with Crippen LogP contribution in [0.4, 0.5) is 4.39 Å². The SMILES string of the molecule is CC1C[C@H](CO)[C@@H](C)[C@@H]1F. The van der Waals surface area contributed by atoms with Crippen molar-refractivity contribution < 1.29 is 9.50 Å². The van der Waals surface area contributed by atoms with Gasteiger partial charge in [0.25, 0.3) is 0 Å². The van der Waals surface area contributed by atoms with E-state index in [9.17, 15) is 4.39 Å². The zero-order valence-corrected chi connectivity index (χ0v) is 6.55. The second kappa shape index (κ2) is 2.87. The van der Waals surface area contributed by atoms with Crippen LogP contribution in [-0.2, 0) is 0 Å². The van der Waals surface area contributed by atoms with Gasteiger partial charge in [0.05, 0.1) is 0 Å². The summed E-state index contributed by atoms with van der Waals surface area (Å²) in [7, 11) is 0. The molecule has 0 spiro atoms. The largest absolute Gasteiger partial charge is 0.396 e. The maximum absolute atomic E-state index is 13.0. The summed E-state index contributed by atoms with van der Waals surface area (Å²) in [5.74, 6) is 0.400. The normalized spacial score (nSPS) is 48.0. The van der Waals surface area contributed by atoms with E-state index in [-0.39, 0.29) is 24.4 Å². The number of halogens is 1. The van der Waals surface area contributed by atoms with Crippen LogP contribution in [0.3, 0.4) is 0 Å². The molecule has 0 aromatic rings. The molecule has 1 aliphatic rings. The Morgan fingerprint density at radius 2 is 2.10 bits per heavy atom. The second-order valence-electron chi connectivity index (χ2n) is 3.46. The van der Waals surface area contributed by atoms with E-state index in [0.29, 0.717) is 0 Å². The van der Waals surface area contributed by atoms with Crippen LogP contribution < -0.4 is 0 Å². The minimum Gasteiger partial charge on any atom is -0.396 e. The summed E-state index contributed by atoms with van der Waals surface area (Å²) < 4.78 is 13.0. The first kappa shape index (κ1) is 7.99. The molecule has 4 atom stereocenters. The summed E-state index contributed by atoms with van der Waals surface area (Å²) in [4.78, 5) is 0. The minimum atomic E-state index is -0.697. The molecule has 0 radical (unpaired) electrons. The number of aliphatic hydroxyl groups excluding tert-OH is 1. The topological polar surface area (TPSA) is 20.2 Å². The van der Waals surface area contributed by atoms with Crippen LogP contribution in [-0.4, -0.2) is 17.9 Å². The lowest BCUT2D eigenvalue weighted by Gasteiger charge is -2.12. The molecule has 0 aliphatic heterocycles. The Bertz CT molecular complexity index is 116. The first-order chi connectivity index (χ1) is 4.66. The zero-order valence-electron chi connectivity index (χ0n) is 6.55. The fourth-order valence-electron chi connectivity index (χ4n) is 1.84. The lowest BCUT2D eigenvalue weighted by molar-refractivity contribution is 0.166. The standard InChI is InChI=1S/C8H15FO/c1-5-3-7(4-10)6(2)8(5)9/h5-8,10H,3-4H2,1-2H3/t5?,6-,7-,8-/m1/s1. The van der Waals surface area contributed by atoms with Gasteiger partial charge in [-0.3, -0.25) is 0 Å². The van der Waals surface area contributed by atoms with Crippen LogP contribution in [0.2, 0.25) is 0 Å². The maximum Gasteiger partial charge on any atom is 0.106 e. The second-order valence-corrected chi connectivity index (χ2v) is 3.46. The molecule has 0 bridgehead atoms. The van der Waals surface area contributed by atoms with Crippen molar-refractivity contribution in [3.63, 3.8) is 0 Å². The summed E-state index contributed by atoms with van der Waals surface area (Å²) in [5.41, 5.74) is 0. The van der Waals surface area contributed by atoms with Crippen LogP contribution in [0.15, 0.2) is 0 Å². The van der Waals surface area contributed by atoms with Crippen molar-refractivity contribution in [2.24, 2.45) is 17.8 Å². The van der Waals surface area contributed by atoms with Crippen molar-refractivity contribution >= 4 is 0 Å². The monoisotopic (exact) mass is 146 g/mol. The zero-order chi connectivity index (χ0) is 7.72. The third kappa shape index (κ3) is 1.17. The van der Waals surface area contributed by atoms with Gasteiger partial charge in [-0.2, -0.15) is 0 Å². The predicted molar refractivity (Wildman–Crippen MR) is 38.4 cm³/mol. The number of aliphatic hydroxyl groups is 1. The van der Waals surface area contributed by atoms with Gasteiger partial charge >= 0.3 is 0 Å². The fourth-order valence-corrected chi connectivity index (χ4v) is 1.84. The molecule has 0 aromatic carbocycles. The molecule has 0 heterocycles. The van der Waals surface area contributed by atoms with Gasteiger partial charge in [-0.1, -0.05) is 13.8 Å². The molecule has 0 saturated heterocycles. The molecule has 0 amide bonds. The molecule has 0 aromatic heterocycles. The first-order valence-electron chi connectivity index (χ1n) is 3.91. The highest BCUT2D eigenvalue weighted by molar-refractivity contribution is 4.86. The molecule has 60 valence electrons. The molecule has 1 N–H and O–H groups in total. The Balaban J connectivity index is 2.53. The summed E-state index contributed by atoms with van der Waals surface area (Å²) >= 11 is 0. The molecule has 10 heavy (non-hydrogen) atoms. The van der Waals surface area contributed by atoms with Gasteiger partial charge in [0.1, 0.15) is 6.17 Å². The smallest absolute Gasteiger partial charge is 0.106 e. The Hall–Kier alpha value is -0.110. The molecule has 1 unspecified atom stereocenters. The average Bonchev–Trinajstić information content (AvgIpc) is 2.17. The molecular formula is C8H15FO. The van der Waals surface area contributed by atoms with Crippen LogP contribution >= 0.6 is 0 Å². The number of hydrogen-bond acceptors (Lipinski definition) is 1. The van der Waals surface area contributed by atoms with E-state index in [2.05, 4.69) is 0 Å². The fraction of sp³-hybridized carbons (Fsp3) is 1.00. The third-order valence-corrected chi connectivity index (χ3v) is 2.70. The Morgan fingerprint density at radius 3 is 2.30 bits per heavy atom. The molecule has 1 fully saturated rings.